The third kappa shape index (κ3) is 4.36. The van der Waals surface area contributed by atoms with Crippen LogP contribution in [0.5, 0.6) is 0 Å². The standard InChI is InChI=1S/C18H23ClN4OS/c1-3-23-16(13-7-6-8-14(19)11-13)21-22-18(23)25-12(2)17(24)20-15-9-4-5-10-15/h6-8,11-12,15H,3-5,9-10H2,1-2H3,(H,20,24). The van der Waals surface area contributed by atoms with Crippen molar-refractivity contribution in [3.8, 4) is 11.4 Å². The van der Waals surface area contributed by atoms with Crippen molar-refractivity contribution < 1.29 is 4.79 Å². The second-order valence-electron chi connectivity index (χ2n) is 6.31. The number of amides is 1. The topological polar surface area (TPSA) is 59.8 Å². The SMILES string of the molecule is CCn1c(SC(C)C(=O)NC2CCCC2)nnc1-c1cccc(Cl)c1. The Hall–Kier alpha value is -1.53. The van der Waals surface area contributed by atoms with Crippen molar-refractivity contribution in [1.82, 2.24) is 20.1 Å². The number of carbonyl (C=O) groups excluding carboxylic acids is 1. The molecule has 1 fully saturated rings. The Morgan fingerprint density at radius 1 is 1.40 bits per heavy atom. The van der Waals surface area contributed by atoms with Crippen molar-refractivity contribution in [2.45, 2.75) is 62.5 Å². The lowest BCUT2D eigenvalue weighted by atomic mass is 10.2. The van der Waals surface area contributed by atoms with Crippen LogP contribution in [0.1, 0.15) is 39.5 Å². The average molecular weight is 379 g/mol. The highest BCUT2D eigenvalue weighted by molar-refractivity contribution is 8.00. The fraction of sp³-hybridized carbons (Fsp3) is 0.500. The summed E-state index contributed by atoms with van der Waals surface area (Å²) in [5, 5.41) is 13.0. The lowest BCUT2D eigenvalue weighted by Gasteiger charge is -2.16. The number of halogens is 1. The van der Waals surface area contributed by atoms with Gasteiger partial charge in [-0.3, -0.25) is 4.79 Å². The molecule has 1 aliphatic rings. The van der Waals surface area contributed by atoms with Gasteiger partial charge in [-0.2, -0.15) is 0 Å². The molecule has 1 amide bonds. The van der Waals surface area contributed by atoms with Crippen LogP contribution in [0.25, 0.3) is 11.4 Å². The Morgan fingerprint density at radius 2 is 2.16 bits per heavy atom. The number of nitrogens with zero attached hydrogens (tertiary/aromatic N) is 3. The number of aromatic nitrogens is 3. The van der Waals surface area contributed by atoms with Gasteiger partial charge in [0.15, 0.2) is 11.0 Å². The van der Waals surface area contributed by atoms with Gasteiger partial charge in [0.2, 0.25) is 5.91 Å². The predicted octanol–water partition coefficient (Wildman–Crippen LogP) is 4.16. The normalized spacial score (nSPS) is 16.1. The number of hydrogen-bond acceptors (Lipinski definition) is 4. The number of nitrogens with one attached hydrogen (secondary N) is 1. The van der Waals surface area contributed by atoms with Gasteiger partial charge < -0.3 is 9.88 Å². The Labute approximate surface area is 157 Å². The summed E-state index contributed by atoms with van der Waals surface area (Å²) in [6, 6.07) is 7.91. The zero-order valence-corrected chi connectivity index (χ0v) is 16.1. The zero-order valence-electron chi connectivity index (χ0n) is 14.5. The number of benzene rings is 1. The van der Waals surface area contributed by atoms with Crippen molar-refractivity contribution in [2.75, 3.05) is 0 Å². The molecule has 7 heteroatoms. The minimum Gasteiger partial charge on any atom is -0.352 e. The van der Waals surface area contributed by atoms with Gasteiger partial charge in [-0.25, -0.2) is 0 Å². The quantitative estimate of drug-likeness (QED) is 0.767. The largest absolute Gasteiger partial charge is 0.352 e. The van der Waals surface area contributed by atoms with Gasteiger partial charge in [-0.15, -0.1) is 10.2 Å². The van der Waals surface area contributed by atoms with Crippen molar-refractivity contribution in [3.63, 3.8) is 0 Å². The molecule has 2 aromatic rings. The van der Waals surface area contributed by atoms with E-state index in [0.29, 0.717) is 11.1 Å². The molecule has 5 nitrogen and oxygen atoms in total. The first kappa shape index (κ1) is 18.3. The first-order valence-electron chi connectivity index (χ1n) is 8.74. The number of carbonyl (C=O) groups is 1. The van der Waals surface area contributed by atoms with Gasteiger partial charge in [0.1, 0.15) is 0 Å². The molecule has 1 N–H and O–H groups in total. The van der Waals surface area contributed by atoms with Crippen molar-refractivity contribution in [3.05, 3.63) is 29.3 Å². The molecule has 1 atom stereocenters. The first-order valence-corrected chi connectivity index (χ1v) is 10.0. The summed E-state index contributed by atoms with van der Waals surface area (Å²) in [7, 11) is 0. The highest BCUT2D eigenvalue weighted by Crippen LogP contribution is 2.28. The number of thioether (sulfide) groups is 1. The Morgan fingerprint density at radius 3 is 2.84 bits per heavy atom. The third-order valence-corrected chi connectivity index (χ3v) is 5.78. The third-order valence-electron chi connectivity index (χ3n) is 4.47. The highest BCUT2D eigenvalue weighted by atomic mass is 35.5. The molecule has 134 valence electrons. The molecule has 3 rings (SSSR count). The second kappa shape index (κ2) is 8.23. The van der Waals surface area contributed by atoms with E-state index in [9.17, 15) is 4.79 Å². The van der Waals surface area contributed by atoms with Gasteiger partial charge >= 0.3 is 0 Å². The van der Waals surface area contributed by atoms with E-state index in [1.54, 1.807) is 0 Å². The summed E-state index contributed by atoms with van der Waals surface area (Å²) in [5.74, 6) is 0.850. The summed E-state index contributed by atoms with van der Waals surface area (Å²) < 4.78 is 2.02. The van der Waals surface area contributed by atoms with Crippen LogP contribution in [0.2, 0.25) is 5.02 Å². The minimum absolute atomic E-state index is 0.0758. The van der Waals surface area contributed by atoms with Crippen LogP contribution >= 0.6 is 23.4 Å². The first-order chi connectivity index (χ1) is 12.1. The predicted molar refractivity (Wildman–Crippen MR) is 102 cm³/mol. The number of hydrogen-bond donors (Lipinski definition) is 1. The van der Waals surface area contributed by atoms with Gasteiger partial charge in [-0.05, 0) is 38.8 Å². The molecular formula is C18H23ClN4OS. The van der Waals surface area contributed by atoms with Gasteiger partial charge in [-0.1, -0.05) is 48.3 Å². The molecule has 1 saturated carbocycles. The summed E-state index contributed by atoms with van der Waals surface area (Å²) >= 11 is 7.54. The van der Waals surface area contributed by atoms with Crippen molar-refractivity contribution in [2.24, 2.45) is 0 Å². The fourth-order valence-corrected chi connectivity index (χ4v) is 4.21. The van der Waals surface area contributed by atoms with Crippen LogP contribution in [0.4, 0.5) is 0 Å². The molecular weight excluding hydrogens is 356 g/mol. The van der Waals surface area contributed by atoms with Crippen molar-refractivity contribution >= 4 is 29.3 Å². The zero-order chi connectivity index (χ0) is 17.8. The van der Waals surface area contributed by atoms with E-state index in [2.05, 4.69) is 15.5 Å². The van der Waals surface area contributed by atoms with E-state index < -0.39 is 0 Å². The molecule has 1 unspecified atom stereocenters. The maximum Gasteiger partial charge on any atom is 0.233 e. The summed E-state index contributed by atoms with van der Waals surface area (Å²) in [6.07, 6.45) is 4.60. The molecule has 1 heterocycles. The molecule has 1 aliphatic carbocycles. The molecule has 0 bridgehead atoms. The molecule has 0 saturated heterocycles. The van der Waals surface area contributed by atoms with Crippen LogP contribution in [-0.2, 0) is 11.3 Å². The van der Waals surface area contributed by atoms with E-state index in [0.717, 1.165) is 35.9 Å². The minimum atomic E-state index is -0.206. The van der Waals surface area contributed by atoms with Gasteiger partial charge in [0, 0.05) is 23.2 Å². The molecule has 25 heavy (non-hydrogen) atoms. The molecule has 1 aromatic carbocycles. The lowest BCUT2D eigenvalue weighted by molar-refractivity contribution is -0.120. The summed E-state index contributed by atoms with van der Waals surface area (Å²) in [6.45, 7) is 4.70. The number of rotatable bonds is 6. The molecule has 0 spiro atoms. The van der Waals surface area contributed by atoms with Gasteiger partial charge in [0.05, 0.1) is 5.25 Å². The molecule has 1 aromatic heterocycles. The summed E-state index contributed by atoms with van der Waals surface area (Å²) in [4.78, 5) is 12.4. The molecule has 0 radical (unpaired) electrons. The Balaban J connectivity index is 1.73. The monoisotopic (exact) mass is 378 g/mol. The maximum atomic E-state index is 12.4. The second-order valence-corrected chi connectivity index (χ2v) is 8.06. The van der Waals surface area contributed by atoms with E-state index in [-0.39, 0.29) is 11.2 Å². The van der Waals surface area contributed by atoms with Crippen LogP contribution in [0.3, 0.4) is 0 Å². The van der Waals surface area contributed by atoms with Crippen LogP contribution in [0.15, 0.2) is 29.4 Å². The average Bonchev–Trinajstić information content (AvgIpc) is 3.24. The van der Waals surface area contributed by atoms with Gasteiger partial charge in [0.25, 0.3) is 0 Å². The lowest BCUT2D eigenvalue weighted by Crippen LogP contribution is -2.37. The highest BCUT2D eigenvalue weighted by Gasteiger charge is 2.23. The van der Waals surface area contributed by atoms with Crippen molar-refractivity contribution in [1.29, 1.82) is 0 Å². The Kier molecular flexibility index (Phi) is 6.02. The molecule has 0 aliphatic heterocycles. The van der Waals surface area contributed by atoms with Crippen LogP contribution in [0, 0.1) is 0 Å². The fourth-order valence-electron chi connectivity index (χ4n) is 3.10. The summed E-state index contributed by atoms with van der Waals surface area (Å²) in [5.41, 5.74) is 0.928. The van der Waals surface area contributed by atoms with E-state index in [4.69, 9.17) is 11.6 Å². The van der Waals surface area contributed by atoms with Crippen LogP contribution < -0.4 is 5.32 Å². The van der Waals surface area contributed by atoms with E-state index >= 15 is 0 Å². The smallest absolute Gasteiger partial charge is 0.233 e. The van der Waals surface area contributed by atoms with Crippen LogP contribution in [-0.4, -0.2) is 32.0 Å². The Bertz CT molecular complexity index is 742. The van der Waals surface area contributed by atoms with E-state index in [1.807, 2.05) is 42.7 Å². The van der Waals surface area contributed by atoms with E-state index in [1.165, 1.54) is 24.6 Å². The maximum absolute atomic E-state index is 12.4.